The summed E-state index contributed by atoms with van der Waals surface area (Å²) in [6.07, 6.45) is 3.33. The highest BCUT2D eigenvalue weighted by Gasteiger charge is 1.96. The molecule has 0 radical (unpaired) electrons. The first-order valence-electron chi connectivity index (χ1n) is 3.73. The molecule has 0 spiro atoms. The normalized spacial score (nSPS) is 10.0. The van der Waals surface area contributed by atoms with Crippen LogP contribution in [0.4, 0.5) is 0 Å². The Morgan fingerprint density at radius 3 is 2.50 bits per heavy atom. The zero-order valence-electron chi connectivity index (χ0n) is 7.02. The van der Waals surface area contributed by atoms with Crippen LogP contribution in [-0.4, -0.2) is 12.2 Å². The van der Waals surface area contributed by atoms with Crippen LogP contribution >= 0.6 is 12.2 Å². The summed E-state index contributed by atoms with van der Waals surface area (Å²) in [4.78, 5) is 0. The molecule has 0 unspecified atom stereocenters. The highest BCUT2D eigenvalue weighted by Crippen LogP contribution is 2.06. The van der Waals surface area contributed by atoms with Crippen molar-refractivity contribution in [3.05, 3.63) is 0 Å². The molecule has 0 aromatic heterocycles. The first kappa shape index (κ1) is 9.89. The molecule has 0 aliphatic rings. The van der Waals surface area contributed by atoms with Crippen molar-refractivity contribution in [1.82, 2.24) is 0 Å². The third-order valence-electron chi connectivity index (χ3n) is 1.39. The average molecular weight is 160 g/mol. The summed E-state index contributed by atoms with van der Waals surface area (Å²) in [5, 5.41) is 0.737. The van der Waals surface area contributed by atoms with E-state index in [-0.39, 0.29) is 0 Å². The zero-order valence-corrected chi connectivity index (χ0v) is 7.83. The molecule has 0 atom stereocenters. The Balaban J connectivity index is 3.12. The summed E-state index contributed by atoms with van der Waals surface area (Å²) in [6, 6.07) is 0. The van der Waals surface area contributed by atoms with Gasteiger partial charge in [0.2, 0.25) is 0 Å². The van der Waals surface area contributed by atoms with E-state index < -0.39 is 0 Å². The van der Waals surface area contributed by atoms with Crippen molar-refractivity contribution < 1.29 is 4.74 Å². The van der Waals surface area contributed by atoms with Crippen LogP contribution < -0.4 is 0 Å². The molecule has 0 amide bonds. The third-order valence-corrected chi connectivity index (χ3v) is 1.76. The molecular formula is C8H16OS. The summed E-state index contributed by atoms with van der Waals surface area (Å²) in [6.45, 7) is 4.44. The molecule has 0 bridgehead atoms. The van der Waals surface area contributed by atoms with Crippen molar-refractivity contribution >= 4 is 17.3 Å². The van der Waals surface area contributed by atoms with E-state index in [2.05, 4.69) is 13.8 Å². The third kappa shape index (κ3) is 6.02. The number of hydrogen-bond donors (Lipinski definition) is 0. The molecule has 0 aromatic carbocycles. The number of hydrogen-bond acceptors (Lipinski definition) is 2. The van der Waals surface area contributed by atoms with E-state index in [1.807, 2.05) is 0 Å². The lowest BCUT2D eigenvalue weighted by molar-refractivity contribution is 0.397. The first-order chi connectivity index (χ1) is 4.66. The van der Waals surface area contributed by atoms with Gasteiger partial charge >= 0.3 is 0 Å². The first-order valence-corrected chi connectivity index (χ1v) is 4.14. The van der Waals surface area contributed by atoms with Gasteiger partial charge in [-0.3, -0.25) is 0 Å². The Kier molecular flexibility index (Phi) is 5.60. The maximum Gasteiger partial charge on any atom is 0.159 e. The number of methoxy groups -OCH3 is 1. The van der Waals surface area contributed by atoms with Gasteiger partial charge in [0.05, 0.1) is 7.11 Å². The average Bonchev–Trinajstić information content (AvgIpc) is 1.87. The van der Waals surface area contributed by atoms with Crippen LogP contribution in [0.1, 0.15) is 33.1 Å². The van der Waals surface area contributed by atoms with Crippen LogP contribution in [0.15, 0.2) is 0 Å². The fourth-order valence-corrected chi connectivity index (χ4v) is 0.901. The molecule has 60 valence electrons. The molecule has 0 heterocycles. The van der Waals surface area contributed by atoms with Gasteiger partial charge in [-0.15, -0.1) is 0 Å². The predicted octanol–water partition coefficient (Wildman–Crippen LogP) is 2.79. The van der Waals surface area contributed by atoms with Crippen molar-refractivity contribution in [3.63, 3.8) is 0 Å². The van der Waals surface area contributed by atoms with E-state index in [4.69, 9.17) is 17.0 Å². The van der Waals surface area contributed by atoms with Crippen LogP contribution in [0.3, 0.4) is 0 Å². The van der Waals surface area contributed by atoms with Gasteiger partial charge in [-0.1, -0.05) is 20.3 Å². The fourth-order valence-electron chi connectivity index (χ4n) is 0.757. The van der Waals surface area contributed by atoms with Gasteiger partial charge in [0.25, 0.3) is 0 Å². The van der Waals surface area contributed by atoms with E-state index in [9.17, 15) is 0 Å². The molecular weight excluding hydrogens is 144 g/mol. The largest absolute Gasteiger partial charge is 0.490 e. The topological polar surface area (TPSA) is 9.23 Å². The molecule has 0 aliphatic carbocycles. The van der Waals surface area contributed by atoms with Crippen LogP contribution in [0.5, 0.6) is 0 Å². The molecule has 0 aliphatic heterocycles. The maximum atomic E-state index is 4.89. The molecule has 0 rings (SSSR count). The van der Waals surface area contributed by atoms with E-state index in [1.54, 1.807) is 7.11 Å². The molecule has 0 saturated heterocycles. The number of rotatable bonds is 4. The SMILES string of the molecule is COC(=S)CCCC(C)C. The Morgan fingerprint density at radius 2 is 2.10 bits per heavy atom. The minimum atomic E-state index is 0.737. The molecule has 0 aromatic rings. The van der Waals surface area contributed by atoms with Gasteiger partial charge in [-0.25, -0.2) is 0 Å². The molecule has 0 saturated carbocycles. The van der Waals surface area contributed by atoms with Crippen LogP contribution in [-0.2, 0) is 4.74 Å². The molecule has 0 N–H and O–H groups in total. The van der Waals surface area contributed by atoms with Crippen LogP contribution in [0.25, 0.3) is 0 Å². The van der Waals surface area contributed by atoms with Crippen LogP contribution in [0.2, 0.25) is 0 Å². The fraction of sp³-hybridized carbons (Fsp3) is 0.875. The minimum Gasteiger partial charge on any atom is -0.490 e. The van der Waals surface area contributed by atoms with Gasteiger partial charge < -0.3 is 4.74 Å². The Labute approximate surface area is 68.8 Å². The number of thiocarbonyl (C=S) groups is 1. The summed E-state index contributed by atoms with van der Waals surface area (Å²) in [7, 11) is 1.64. The van der Waals surface area contributed by atoms with Gasteiger partial charge in [-0.2, -0.15) is 0 Å². The van der Waals surface area contributed by atoms with E-state index in [0.29, 0.717) is 0 Å². The second kappa shape index (κ2) is 5.66. The Bertz CT molecular complexity index is 99.4. The van der Waals surface area contributed by atoms with Crippen molar-refractivity contribution in [1.29, 1.82) is 0 Å². The molecule has 2 heteroatoms. The van der Waals surface area contributed by atoms with Crippen molar-refractivity contribution in [3.8, 4) is 0 Å². The monoisotopic (exact) mass is 160 g/mol. The second-order valence-corrected chi connectivity index (χ2v) is 3.32. The number of ether oxygens (including phenoxy) is 1. The lowest BCUT2D eigenvalue weighted by atomic mass is 10.1. The summed E-state index contributed by atoms with van der Waals surface area (Å²) < 4.78 is 4.86. The zero-order chi connectivity index (χ0) is 7.98. The molecule has 10 heavy (non-hydrogen) atoms. The maximum absolute atomic E-state index is 4.89. The van der Waals surface area contributed by atoms with Crippen molar-refractivity contribution in [2.24, 2.45) is 5.92 Å². The standard InChI is InChI=1S/C8H16OS/c1-7(2)5-4-6-8(10)9-3/h7H,4-6H2,1-3H3. The van der Waals surface area contributed by atoms with Crippen LogP contribution in [0, 0.1) is 5.92 Å². The van der Waals surface area contributed by atoms with E-state index in [1.165, 1.54) is 6.42 Å². The Hall–Kier alpha value is -0.110. The minimum absolute atomic E-state index is 0.737. The van der Waals surface area contributed by atoms with Gasteiger partial charge in [0.15, 0.2) is 5.05 Å². The van der Waals surface area contributed by atoms with Gasteiger partial charge in [0, 0.05) is 6.42 Å². The lowest BCUT2D eigenvalue weighted by Crippen LogP contribution is -1.97. The van der Waals surface area contributed by atoms with E-state index >= 15 is 0 Å². The van der Waals surface area contributed by atoms with Crippen molar-refractivity contribution in [2.45, 2.75) is 33.1 Å². The molecule has 1 nitrogen and oxygen atoms in total. The van der Waals surface area contributed by atoms with E-state index in [0.717, 1.165) is 23.8 Å². The second-order valence-electron chi connectivity index (χ2n) is 2.86. The molecule has 0 fully saturated rings. The summed E-state index contributed by atoms with van der Waals surface area (Å²) in [5.41, 5.74) is 0. The lowest BCUT2D eigenvalue weighted by Gasteiger charge is -2.03. The van der Waals surface area contributed by atoms with Gasteiger partial charge in [-0.05, 0) is 24.6 Å². The highest BCUT2D eigenvalue weighted by atomic mass is 32.1. The smallest absolute Gasteiger partial charge is 0.159 e. The summed E-state index contributed by atoms with van der Waals surface area (Å²) in [5.74, 6) is 0.777. The predicted molar refractivity (Wildman–Crippen MR) is 48.3 cm³/mol. The van der Waals surface area contributed by atoms with Gasteiger partial charge in [0.1, 0.15) is 0 Å². The quantitative estimate of drug-likeness (QED) is 0.585. The highest BCUT2D eigenvalue weighted by molar-refractivity contribution is 7.80. The Morgan fingerprint density at radius 1 is 1.50 bits per heavy atom. The van der Waals surface area contributed by atoms with Crippen molar-refractivity contribution in [2.75, 3.05) is 7.11 Å². The summed E-state index contributed by atoms with van der Waals surface area (Å²) >= 11 is 4.89.